The van der Waals surface area contributed by atoms with Gasteiger partial charge in [-0.15, -0.1) is 5.11 Å². The third-order valence-electron chi connectivity index (χ3n) is 10.8. The molecule has 1 aliphatic heterocycles. The van der Waals surface area contributed by atoms with Crippen LogP contribution in [0, 0.1) is 0 Å². The number of rotatable bonds is 20. The summed E-state index contributed by atoms with van der Waals surface area (Å²) in [5.41, 5.74) is 1.84. The molecule has 1 fully saturated rings. The third-order valence-corrected chi connectivity index (χ3v) is 10.8. The number of alkyl halides is 2. The second-order valence-corrected chi connectivity index (χ2v) is 15.1. The van der Waals surface area contributed by atoms with E-state index in [0.717, 1.165) is 42.0 Å². The number of allylic oxidation sites excluding steroid dienone is 1. The van der Waals surface area contributed by atoms with Crippen molar-refractivity contribution in [2.75, 3.05) is 6.54 Å². The summed E-state index contributed by atoms with van der Waals surface area (Å²) in [5, 5.41) is 10.4. The second kappa shape index (κ2) is 21.1. The van der Waals surface area contributed by atoms with Crippen molar-refractivity contribution in [1.29, 1.82) is 0 Å². The number of nitrogens with two attached hydrogens (primary N) is 1. The van der Waals surface area contributed by atoms with Crippen LogP contribution in [0.2, 0.25) is 0 Å². The number of carbonyl (C=O) groups excluding carboxylic acids is 3. The van der Waals surface area contributed by atoms with E-state index in [1.165, 1.54) is 60.6 Å². The number of likely N-dealkylation sites (tertiary alicyclic amines) is 1. The first-order valence-corrected chi connectivity index (χ1v) is 20.7. The van der Waals surface area contributed by atoms with Gasteiger partial charge in [0.05, 0.1) is 11.7 Å². The maximum absolute atomic E-state index is 16.1. The SMILES string of the molecule is C=C(CCCCCCN1C(=O)CC[C@@H]1/C=C/[C@@H](OC(=O)c1ccccc1OC(C)=O)C(F)(F)c1ccccc1)/N=N\N(N)C(c1ccccc1)(c1ccccc1)c1ccccc1. The van der Waals surface area contributed by atoms with Gasteiger partial charge in [-0.05, 0) is 60.6 Å². The average Bonchev–Trinajstić information content (AvgIpc) is 3.65. The minimum absolute atomic E-state index is 0.0731. The van der Waals surface area contributed by atoms with Crippen molar-refractivity contribution >= 4 is 17.8 Å². The van der Waals surface area contributed by atoms with Crippen molar-refractivity contribution in [3.8, 4) is 5.75 Å². The molecule has 2 atom stereocenters. The number of hydrogen-bond acceptors (Lipinski definition) is 8. The van der Waals surface area contributed by atoms with Crippen LogP contribution in [0.15, 0.2) is 180 Å². The lowest BCUT2D eigenvalue weighted by molar-refractivity contribution is -0.132. The van der Waals surface area contributed by atoms with Crippen LogP contribution in [-0.2, 0) is 25.8 Å². The summed E-state index contributed by atoms with van der Waals surface area (Å²) < 4.78 is 42.7. The topological polar surface area (TPSA) is 127 Å². The van der Waals surface area contributed by atoms with Gasteiger partial charge in [0.1, 0.15) is 11.3 Å². The number of hydrogen-bond donors (Lipinski definition) is 1. The number of hydrazine groups is 1. The molecular weight excluding hydrogens is 789 g/mol. The average molecular weight is 840 g/mol. The largest absolute Gasteiger partial charge is 0.448 e. The van der Waals surface area contributed by atoms with Crippen LogP contribution < -0.4 is 10.6 Å². The van der Waals surface area contributed by atoms with Gasteiger partial charge in [-0.1, -0.05) is 164 Å². The van der Waals surface area contributed by atoms with Gasteiger partial charge in [0, 0.05) is 25.5 Å². The van der Waals surface area contributed by atoms with Gasteiger partial charge in [-0.2, -0.15) is 13.9 Å². The van der Waals surface area contributed by atoms with Crippen LogP contribution in [0.4, 0.5) is 8.78 Å². The molecule has 1 aliphatic rings. The van der Waals surface area contributed by atoms with E-state index in [-0.39, 0.29) is 29.2 Å². The third kappa shape index (κ3) is 10.7. The van der Waals surface area contributed by atoms with Crippen LogP contribution in [0.5, 0.6) is 5.75 Å². The molecule has 10 nitrogen and oxygen atoms in total. The molecule has 5 aromatic carbocycles. The second-order valence-electron chi connectivity index (χ2n) is 15.1. The molecule has 62 heavy (non-hydrogen) atoms. The highest BCUT2D eigenvalue weighted by atomic mass is 19.3. The first-order chi connectivity index (χ1) is 30.0. The van der Waals surface area contributed by atoms with Crippen LogP contribution >= 0.6 is 0 Å². The lowest BCUT2D eigenvalue weighted by atomic mass is 9.77. The van der Waals surface area contributed by atoms with Crippen LogP contribution in [0.25, 0.3) is 0 Å². The number of halogens is 2. The van der Waals surface area contributed by atoms with Gasteiger partial charge in [0.25, 0.3) is 0 Å². The van der Waals surface area contributed by atoms with Crippen LogP contribution in [0.3, 0.4) is 0 Å². The first-order valence-electron chi connectivity index (χ1n) is 20.7. The van der Waals surface area contributed by atoms with Crippen molar-refractivity contribution in [3.63, 3.8) is 0 Å². The minimum Gasteiger partial charge on any atom is -0.448 e. The number of carbonyl (C=O) groups is 3. The predicted octanol–water partition coefficient (Wildman–Crippen LogP) is 10.5. The van der Waals surface area contributed by atoms with E-state index in [1.807, 2.05) is 91.0 Å². The summed E-state index contributed by atoms with van der Waals surface area (Å²) >= 11 is 0. The molecule has 0 radical (unpaired) electrons. The van der Waals surface area contributed by atoms with Crippen molar-refractivity contribution in [2.45, 2.75) is 75.5 Å². The van der Waals surface area contributed by atoms with Gasteiger partial charge in [0.2, 0.25) is 5.91 Å². The molecule has 0 aromatic heterocycles. The van der Waals surface area contributed by atoms with Crippen molar-refractivity contribution in [3.05, 3.63) is 198 Å². The summed E-state index contributed by atoms with van der Waals surface area (Å²) in [4.78, 5) is 39.6. The number of esters is 2. The van der Waals surface area contributed by atoms with E-state index in [9.17, 15) is 14.4 Å². The van der Waals surface area contributed by atoms with Gasteiger partial charge in [-0.25, -0.2) is 10.6 Å². The molecule has 6 rings (SSSR count). The van der Waals surface area contributed by atoms with E-state index in [1.54, 1.807) is 17.0 Å². The number of nitrogens with zero attached hydrogens (tertiary/aromatic N) is 4. The predicted molar refractivity (Wildman–Crippen MR) is 233 cm³/mol. The number of unbranched alkanes of at least 4 members (excludes halogenated alkanes) is 3. The highest BCUT2D eigenvalue weighted by molar-refractivity contribution is 5.93. The Bertz CT molecular complexity index is 2230. The Morgan fingerprint density at radius 1 is 0.806 bits per heavy atom. The Labute approximate surface area is 361 Å². The van der Waals surface area contributed by atoms with E-state index in [2.05, 4.69) is 16.9 Å². The van der Waals surface area contributed by atoms with Crippen molar-refractivity contribution in [2.24, 2.45) is 16.2 Å². The zero-order chi connectivity index (χ0) is 44.0. The van der Waals surface area contributed by atoms with Crippen LogP contribution in [-0.4, -0.2) is 46.6 Å². The fourth-order valence-corrected chi connectivity index (χ4v) is 7.72. The molecule has 1 heterocycles. The summed E-state index contributed by atoms with van der Waals surface area (Å²) in [6.07, 6.45) is 5.06. The number of benzene rings is 5. The van der Waals surface area contributed by atoms with E-state index in [4.69, 9.17) is 15.3 Å². The lowest BCUT2D eigenvalue weighted by Crippen LogP contribution is -2.49. The monoisotopic (exact) mass is 839 g/mol. The minimum atomic E-state index is -3.63. The van der Waals surface area contributed by atoms with Gasteiger partial charge in [0.15, 0.2) is 11.6 Å². The number of para-hydroxylation sites is 1. The molecule has 12 heteroatoms. The zero-order valence-electron chi connectivity index (χ0n) is 34.7. The molecule has 0 aliphatic carbocycles. The van der Waals surface area contributed by atoms with Crippen molar-refractivity contribution in [1.82, 2.24) is 10.0 Å². The zero-order valence-corrected chi connectivity index (χ0v) is 34.7. The molecule has 320 valence electrons. The molecule has 1 amide bonds. The number of amides is 1. The van der Waals surface area contributed by atoms with Gasteiger partial charge in [-0.3, -0.25) is 9.59 Å². The molecule has 0 saturated carbocycles. The standard InChI is InChI=1S/C50H51F2N5O5/c1-37(54-55-57(53)49(39-22-10-5-11-23-39,40-24-12-6-13-25-40)41-26-14-7-15-27-41)21-9-3-4-20-36-56-43(33-35-47(56)59)32-34-46(50(51,52)42-28-16-8-17-29-42)62-48(60)44-30-18-19-31-45(44)61-38(2)58/h5-8,10-19,22-32,34,43,46H,1,3-4,9,20-21,33,35-36,53H2,2H3/b34-32+,55-54-/t43-,46+/m0/s1. The Morgan fingerprint density at radius 2 is 1.32 bits per heavy atom. The highest BCUT2D eigenvalue weighted by Gasteiger charge is 2.44. The molecule has 2 N–H and O–H groups in total. The van der Waals surface area contributed by atoms with Crippen molar-refractivity contribution < 1.29 is 32.6 Å². The van der Waals surface area contributed by atoms with Crippen LogP contribution in [0.1, 0.15) is 84.5 Å². The quantitative estimate of drug-likeness (QED) is 0.0121. The number of ether oxygens (including phenoxy) is 2. The molecule has 1 saturated heterocycles. The fraction of sp³-hybridized carbons (Fsp3) is 0.260. The van der Waals surface area contributed by atoms with Gasteiger partial charge >= 0.3 is 17.9 Å². The maximum Gasteiger partial charge on any atom is 0.342 e. The van der Waals surface area contributed by atoms with E-state index < -0.39 is 35.5 Å². The Kier molecular flexibility index (Phi) is 15.3. The molecule has 0 spiro atoms. The molecule has 5 aromatic rings. The molecule has 0 bridgehead atoms. The molecule has 0 unspecified atom stereocenters. The Morgan fingerprint density at radius 3 is 1.89 bits per heavy atom. The molecular formula is C50H51F2N5O5. The smallest absolute Gasteiger partial charge is 0.342 e. The lowest BCUT2D eigenvalue weighted by Gasteiger charge is -2.40. The fourth-order valence-electron chi connectivity index (χ4n) is 7.72. The van der Waals surface area contributed by atoms with E-state index >= 15 is 8.78 Å². The summed E-state index contributed by atoms with van der Waals surface area (Å²) in [6, 6.07) is 42.2. The first kappa shape index (κ1) is 44.8. The summed E-state index contributed by atoms with van der Waals surface area (Å²) in [6.45, 7) is 5.75. The summed E-state index contributed by atoms with van der Waals surface area (Å²) in [7, 11) is 0. The Balaban J connectivity index is 1.06. The highest BCUT2D eigenvalue weighted by Crippen LogP contribution is 2.41. The normalized spacial score (nSPS) is 14.9. The van der Waals surface area contributed by atoms with E-state index in [0.29, 0.717) is 31.5 Å². The maximum atomic E-state index is 16.1. The summed E-state index contributed by atoms with van der Waals surface area (Å²) in [5.74, 6) is 1.28. The van der Waals surface area contributed by atoms with Gasteiger partial charge < -0.3 is 14.4 Å². The Hall–Kier alpha value is -6.79.